The summed E-state index contributed by atoms with van der Waals surface area (Å²) in [5.41, 5.74) is 2.48. The first kappa shape index (κ1) is 23.2. The molecule has 0 amide bonds. The van der Waals surface area contributed by atoms with E-state index in [2.05, 4.69) is 11.8 Å². The molecule has 1 atom stereocenters. The van der Waals surface area contributed by atoms with Gasteiger partial charge < -0.3 is 14.6 Å². The maximum Gasteiger partial charge on any atom is 0.198 e. The lowest BCUT2D eigenvalue weighted by atomic mass is 9.82. The summed E-state index contributed by atoms with van der Waals surface area (Å²) in [5, 5.41) is 16.1. The molecular weight excluding hydrogens is 455 g/mol. The second kappa shape index (κ2) is 9.14. The lowest BCUT2D eigenvalue weighted by Gasteiger charge is -2.35. The zero-order chi connectivity index (χ0) is 23.8. The predicted molar refractivity (Wildman–Crippen MR) is 135 cm³/mol. The van der Waals surface area contributed by atoms with E-state index in [1.807, 2.05) is 38.1 Å². The summed E-state index contributed by atoms with van der Waals surface area (Å²) in [6, 6.07) is 12.7. The predicted octanol–water partition coefficient (Wildman–Crippen LogP) is 4.64. The molecule has 4 rings (SSSR count). The van der Waals surface area contributed by atoms with Gasteiger partial charge in [-0.05, 0) is 65.4 Å². The minimum Gasteiger partial charge on any atom is -0.493 e. The van der Waals surface area contributed by atoms with E-state index >= 15 is 0 Å². The van der Waals surface area contributed by atoms with Gasteiger partial charge >= 0.3 is 0 Å². The average molecular weight is 477 g/mol. The average Bonchev–Trinajstić information content (AvgIpc) is 2.79. The molecule has 3 nitrogen and oxygen atoms in total. The molecule has 0 unspecified atom stereocenters. The second-order valence-corrected chi connectivity index (χ2v) is 8.52. The number of hydrogen-bond acceptors (Lipinski definition) is 3. The smallest absolute Gasteiger partial charge is 0.198 e. The Labute approximate surface area is 203 Å². The van der Waals surface area contributed by atoms with Crippen molar-refractivity contribution in [1.29, 1.82) is 0 Å². The number of ether oxygens (including phenoxy) is 2. The summed E-state index contributed by atoms with van der Waals surface area (Å²) in [6.45, 7) is 4.40. The molecule has 33 heavy (non-hydrogen) atoms. The van der Waals surface area contributed by atoms with Crippen LogP contribution in [-0.4, -0.2) is 24.1 Å². The van der Waals surface area contributed by atoms with E-state index in [1.165, 1.54) is 0 Å². The van der Waals surface area contributed by atoms with E-state index in [9.17, 15) is 5.11 Å². The van der Waals surface area contributed by atoms with Crippen LogP contribution in [0, 0.1) is 24.7 Å². The third-order valence-electron chi connectivity index (χ3n) is 5.71. The van der Waals surface area contributed by atoms with E-state index in [0.717, 1.165) is 21.2 Å². The normalized spacial score (nSPS) is 17.4. The van der Waals surface area contributed by atoms with Crippen molar-refractivity contribution in [2.24, 2.45) is 0 Å². The van der Waals surface area contributed by atoms with Gasteiger partial charge in [0.25, 0.3) is 0 Å². The Balaban J connectivity index is 2.30. The van der Waals surface area contributed by atoms with Crippen LogP contribution in [0.1, 0.15) is 31.4 Å². The van der Waals surface area contributed by atoms with Gasteiger partial charge in [-0.2, -0.15) is 0 Å². The fourth-order valence-electron chi connectivity index (χ4n) is 4.46. The first-order valence-corrected chi connectivity index (χ1v) is 11.3. The maximum absolute atomic E-state index is 11.9. The Morgan fingerprint density at radius 3 is 2.33 bits per heavy atom. The highest BCUT2D eigenvalue weighted by molar-refractivity contribution is 6.31. The molecule has 0 saturated heterocycles. The van der Waals surface area contributed by atoms with Gasteiger partial charge in [0.15, 0.2) is 5.79 Å². The summed E-state index contributed by atoms with van der Waals surface area (Å²) in [4.78, 5) is 0. The van der Waals surface area contributed by atoms with Crippen LogP contribution in [-0.2, 0) is 4.74 Å². The van der Waals surface area contributed by atoms with Gasteiger partial charge in [0.1, 0.15) is 5.75 Å². The van der Waals surface area contributed by atoms with Crippen LogP contribution in [0.2, 0.25) is 10.0 Å². The highest BCUT2D eigenvalue weighted by atomic mass is 35.5. The number of halogens is 2. The van der Waals surface area contributed by atoms with Crippen molar-refractivity contribution in [3.63, 3.8) is 0 Å². The molecule has 5 heteroatoms. The standard InChI is InChI=1S/C28H22Cl2O3/c1-5-17-13-25(32-7-3)26(21-11-9-19(29)14-23(17)21)27-22-12-10-20(30)15-24(22)18(6-2)16-28(27,31)33-8-4/h1-2,9-15,31H,7-8,16H2,3-4H3/t28-/m0/s1. The number of fused-ring (bicyclic) bond motifs is 2. The van der Waals surface area contributed by atoms with Gasteiger partial charge in [-0.25, -0.2) is 0 Å². The van der Waals surface area contributed by atoms with Crippen LogP contribution in [0.4, 0.5) is 0 Å². The highest BCUT2D eigenvalue weighted by Crippen LogP contribution is 2.43. The Hall–Kier alpha value is -2.92. The number of terminal acetylenes is 2. The minimum absolute atomic E-state index is 0.0948. The molecule has 0 spiro atoms. The van der Waals surface area contributed by atoms with Gasteiger partial charge in [0, 0.05) is 45.3 Å². The van der Waals surface area contributed by atoms with Crippen LogP contribution in [0.15, 0.2) is 42.5 Å². The largest absolute Gasteiger partial charge is 0.493 e. The van der Waals surface area contributed by atoms with Crippen LogP contribution in [0.25, 0.3) is 21.9 Å². The zero-order valence-electron chi connectivity index (χ0n) is 18.3. The maximum atomic E-state index is 11.9. The molecule has 1 aliphatic carbocycles. The molecule has 0 aromatic heterocycles. The van der Waals surface area contributed by atoms with E-state index < -0.39 is 5.79 Å². The molecule has 0 radical (unpaired) electrons. The summed E-state index contributed by atoms with van der Waals surface area (Å²) >= 11 is 12.6. The topological polar surface area (TPSA) is 38.7 Å². The van der Waals surface area contributed by atoms with E-state index in [1.54, 1.807) is 18.2 Å². The molecule has 1 aliphatic rings. The number of benzene rings is 3. The van der Waals surface area contributed by atoms with Gasteiger partial charge in [-0.1, -0.05) is 47.2 Å². The zero-order valence-corrected chi connectivity index (χ0v) is 19.8. The Kier molecular flexibility index (Phi) is 6.44. The number of aliphatic hydroxyl groups is 1. The van der Waals surface area contributed by atoms with Gasteiger partial charge in [0.2, 0.25) is 0 Å². The molecule has 0 saturated carbocycles. The summed E-state index contributed by atoms with van der Waals surface area (Å²) in [6.07, 6.45) is 11.7. The summed E-state index contributed by atoms with van der Waals surface area (Å²) < 4.78 is 12.0. The fourth-order valence-corrected chi connectivity index (χ4v) is 4.80. The SMILES string of the molecule is C#CC1=c2cc(Cl)ccc2=C(c2c(OCC)cc(C#C)c3cc(Cl)ccc23)[C@@](O)(OCC)C1. The van der Waals surface area contributed by atoms with Gasteiger partial charge in [-0.15, -0.1) is 12.8 Å². The molecule has 3 aromatic carbocycles. The Morgan fingerprint density at radius 2 is 1.67 bits per heavy atom. The Morgan fingerprint density at radius 1 is 0.939 bits per heavy atom. The van der Waals surface area contributed by atoms with Crippen molar-refractivity contribution in [2.75, 3.05) is 13.2 Å². The monoisotopic (exact) mass is 476 g/mol. The van der Waals surface area contributed by atoms with Crippen molar-refractivity contribution in [3.05, 3.63) is 74.1 Å². The molecular formula is C28H22Cl2O3. The van der Waals surface area contributed by atoms with Crippen molar-refractivity contribution >= 4 is 45.1 Å². The summed E-state index contributed by atoms with van der Waals surface area (Å²) in [7, 11) is 0. The van der Waals surface area contributed by atoms with Crippen LogP contribution in [0.3, 0.4) is 0 Å². The van der Waals surface area contributed by atoms with Crippen molar-refractivity contribution < 1.29 is 14.6 Å². The molecule has 3 aromatic rings. The summed E-state index contributed by atoms with van der Waals surface area (Å²) in [5.74, 6) is 4.28. The van der Waals surface area contributed by atoms with E-state index in [-0.39, 0.29) is 13.0 Å². The van der Waals surface area contributed by atoms with Crippen LogP contribution >= 0.6 is 23.2 Å². The van der Waals surface area contributed by atoms with E-state index in [4.69, 9.17) is 45.5 Å². The number of rotatable bonds is 5. The number of hydrogen-bond donors (Lipinski definition) is 1. The lowest BCUT2D eigenvalue weighted by Crippen LogP contribution is -2.47. The van der Waals surface area contributed by atoms with Crippen molar-refractivity contribution in [2.45, 2.75) is 26.1 Å². The highest BCUT2D eigenvalue weighted by Gasteiger charge is 2.40. The fraction of sp³-hybridized carbons (Fsp3) is 0.214. The third kappa shape index (κ3) is 3.99. The molecule has 0 heterocycles. The van der Waals surface area contributed by atoms with E-state index in [0.29, 0.717) is 44.7 Å². The van der Waals surface area contributed by atoms with Crippen LogP contribution in [0.5, 0.6) is 5.75 Å². The molecule has 1 N–H and O–H groups in total. The third-order valence-corrected chi connectivity index (χ3v) is 6.18. The van der Waals surface area contributed by atoms with Gasteiger partial charge in [-0.3, -0.25) is 0 Å². The van der Waals surface area contributed by atoms with Crippen molar-refractivity contribution in [1.82, 2.24) is 0 Å². The first-order chi connectivity index (χ1) is 15.9. The quantitative estimate of drug-likeness (QED) is 0.430. The molecule has 0 fully saturated rings. The van der Waals surface area contributed by atoms with Gasteiger partial charge in [0.05, 0.1) is 6.61 Å². The molecule has 166 valence electrons. The first-order valence-electron chi connectivity index (χ1n) is 10.6. The van der Waals surface area contributed by atoms with Crippen molar-refractivity contribution in [3.8, 4) is 30.4 Å². The molecule has 0 bridgehead atoms. The minimum atomic E-state index is -1.69. The molecule has 0 aliphatic heterocycles. The lowest BCUT2D eigenvalue weighted by molar-refractivity contribution is -0.151. The Bertz CT molecular complexity index is 1470. The van der Waals surface area contributed by atoms with Crippen LogP contribution < -0.4 is 15.2 Å². The second-order valence-electron chi connectivity index (χ2n) is 7.65.